The highest BCUT2D eigenvalue weighted by Gasteiger charge is 2.32. The van der Waals surface area contributed by atoms with Crippen LogP contribution in [-0.4, -0.2) is 29.3 Å². The van der Waals surface area contributed by atoms with Gasteiger partial charge in [-0.3, -0.25) is 19.7 Å². The first-order chi connectivity index (χ1) is 12.3. The van der Waals surface area contributed by atoms with Crippen molar-refractivity contribution in [1.82, 2.24) is 5.32 Å². The van der Waals surface area contributed by atoms with E-state index in [0.717, 1.165) is 0 Å². The molecule has 0 saturated carbocycles. The number of benzene rings is 2. The number of carbonyl (C=O) groups excluding carboxylic acids is 2. The van der Waals surface area contributed by atoms with Crippen molar-refractivity contribution in [3.05, 3.63) is 69.5 Å². The highest BCUT2D eigenvalue weighted by Crippen LogP contribution is 2.23. The van der Waals surface area contributed by atoms with Crippen LogP contribution < -0.4 is 10.2 Å². The third-order valence-corrected chi connectivity index (χ3v) is 4.25. The normalized spacial score (nSPS) is 16.6. The molecule has 1 aliphatic heterocycles. The number of nitro benzene ring substituents is 1. The maximum atomic E-state index is 13.3. The summed E-state index contributed by atoms with van der Waals surface area (Å²) < 4.78 is 13.3. The second kappa shape index (κ2) is 6.91. The van der Waals surface area contributed by atoms with Crippen LogP contribution in [0.15, 0.2) is 42.5 Å². The van der Waals surface area contributed by atoms with Crippen molar-refractivity contribution in [1.29, 1.82) is 0 Å². The molecule has 1 fully saturated rings. The Kier molecular flexibility index (Phi) is 4.66. The summed E-state index contributed by atoms with van der Waals surface area (Å²) in [4.78, 5) is 36.4. The van der Waals surface area contributed by atoms with E-state index >= 15 is 0 Å². The van der Waals surface area contributed by atoms with Gasteiger partial charge in [-0.2, -0.15) is 0 Å². The maximum absolute atomic E-state index is 13.3. The number of amides is 2. The minimum absolute atomic E-state index is 0.0796. The molecule has 0 aliphatic carbocycles. The van der Waals surface area contributed by atoms with Gasteiger partial charge in [0.15, 0.2) is 0 Å². The Labute approximate surface area is 148 Å². The van der Waals surface area contributed by atoms with Crippen molar-refractivity contribution in [3.8, 4) is 0 Å². The first-order valence-corrected chi connectivity index (χ1v) is 7.97. The fourth-order valence-electron chi connectivity index (χ4n) is 2.91. The molecule has 1 heterocycles. The summed E-state index contributed by atoms with van der Waals surface area (Å²) in [5.41, 5.74) is 0.901. The average Bonchev–Trinajstić information content (AvgIpc) is 2.95. The van der Waals surface area contributed by atoms with Gasteiger partial charge < -0.3 is 10.2 Å². The quantitative estimate of drug-likeness (QED) is 0.672. The molecule has 0 unspecified atom stereocenters. The summed E-state index contributed by atoms with van der Waals surface area (Å²) in [6, 6.07) is 9.43. The maximum Gasteiger partial charge on any atom is 0.273 e. The zero-order chi connectivity index (χ0) is 18.8. The van der Waals surface area contributed by atoms with Crippen LogP contribution in [0, 0.1) is 22.9 Å². The van der Waals surface area contributed by atoms with Crippen molar-refractivity contribution in [3.63, 3.8) is 0 Å². The molecular weight excluding hydrogens is 341 g/mol. The molecule has 2 amide bonds. The number of nitrogens with one attached hydrogen (secondary N) is 1. The first kappa shape index (κ1) is 17.5. The number of carbonyl (C=O) groups is 2. The van der Waals surface area contributed by atoms with Gasteiger partial charge >= 0.3 is 0 Å². The average molecular weight is 357 g/mol. The van der Waals surface area contributed by atoms with Crippen LogP contribution in [0.4, 0.5) is 15.8 Å². The van der Waals surface area contributed by atoms with Gasteiger partial charge in [-0.05, 0) is 31.2 Å². The third kappa shape index (κ3) is 3.53. The van der Waals surface area contributed by atoms with Gasteiger partial charge in [-0.1, -0.05) is 12.1 Å². The Balaban J connectivity index is 1.72. The van der Waals surface area contributed by atoms with Gasteiger partial charge in [-0.25, -0.2) is 4.39 Å². The van der Waals surface area contributed by atoms with Crippen molar-refractivity contribution in [2.75, 3.05) is 11.4 Å². The summed E-state index contributed by atoms with van der Waals surface area (Å²) in [7, 11) is 0. The molecule has 1 N–H and O–H groups in total. The molecule has 2 aromatic carbocycles. The Bertz CT molecular complexity index is 900. The van der Waals surface area contributed by atoms with E-state index in [-0.39, 0.29) is 30.1 Å². The SMILES string of the molecule is Cc1ccc(C(=O)N[C@@H]2CC(=O)N(c3cccc(F)c3)C2)cc1[N+](=O)[O-]. The van der Waals surface area contributed by atoms with E-state index in [9.17, 15) is 24.1 Å². The van der Waals surface area contributed by atoms with Crippen LogP contribution in [-0.2, 0) is 4.79 Å². The molecular formula is C18H16FN3O4. The number of hydrogen-bond donors (Lipinski definition) is 1. The smallest absolute Gasteiger partial charge is 0.273 e. The Morgan fingerprint density at radius 2 is 2.08 bits per heavy atom. The molecule has 0 radical (unpaired) electrons. The number of nitrogens with zero attached hydrogens (tertiary/aromatic N) is 2. The van der Waals surface area contributed by atoms with Crippen molar-refractivity contribution < 1.29 is 18.9 Å². The third-order valence-electron chi connectivity index (χ3n) is 4.25. The fourth-order valence-corrected chi connectivity index (χ4v) is 2.91. The van der Waals surface area contributed by atoms with Crippen LogP contribution in [0.2, 0.25) is 0 Å². The molecule has 1 saturated heterocycles. The molecule has 8 heteroatoms. The van der Waals surface area contributed by atoms with Gasteiger partial charge in [0.2, 0.25) is 5.91 Å². The van der Waals surface area contributed by atoms with Crippen molar-refractivity contribution >= 4 is 23.2 Å². The van der Waals surface area contributed by atoms with E-state index in [1.807, 2.05) is 0 Å². The van der Waals surface area contributed by atoms with Crippen LogP contribution >= 0.6 is 0 Å². The van der Waals surface area contributed by atoms with Crippen molar-refractivity contribution in [2.24, 2.45) is 0 Å². The van der Waals surface area contributed by atoms with Gasteiger partial charge in [-0.15, -0.1) is 0 Å². The van der Waals surface area contributed by atoms with Crippen LogP contribution in [0.1, 0.15) is 22.3 Å². The van der Waals surface area contributed by atoms with Gasteiger partial charge in [0, 0.05) is 35.8 Å². The zero-order valence-corrected chi connectivity index (χ0v) is 13.9. The van der Waals surface area contributed by atoms with Gasteiger partial charge in [0.1, 0.15) is 5.82 Å². The number of nitro groups is 1. The van der Waals surface area contributed by atoms with Gasteiger partial charge in [0.25, 0.3) is 11.6 Å². The molecule has 3 rings (SSSR count). The summed E-state index contributed by atoms with van der Waals surface area (Å²) in [6.07, 6.45) is 0.0796. The van der Waals surface area contributed by atoms with E-state index in [2.05, 4.69) is 5.32 Å². The first-order valence-electron chi connectivity index (χ1n) is 7.97. The second-order valence-electron chi connectivity index (χ2n) is 6.12. The summed E-state index contributed by atoms with van der Waals surface area (Å²) in [5, 5.41) is 13.7. The lowest BCUT2D eigenvalue weighted by atomic mass is 10.1. The van der Waals surface area contributed by atoms with Crippen molar-refractivity contribution in [2.45, 2.75) is 19.4 Å². The molecule has 1 atom stereocenters. The van der Waals surface area contributed by atoms with Crippen LogP contribution in [0.3, 0.4) is 0 Å². The van der Waals surface area contributed by atoms with Gasteiger partial charge in [0.05, 0.1) is 11.0 Å². The molecule has 134 valence electrons. The lowest BCUT2D eigenvalue weighted by Gasteiger charge is -2.17. The topological polar surface area (TPSA) is 92.6 Å². The minimum Gasteiger partial charge on any atom is -0.347 e. The van der Waals surface area contributed by atoms with E-state index in [1.165, 1.54) is 41.3 Å². The molecule has 2 aromatic rings. The van der Waals surface area contributed by atoms with E-state index < -0.39 is 22.7 Å². The van der Waals surface area contributed by atoms with Crippen LogP contribution in [0.25, 0.3) is 0 Å². The Morgan fingerprint density at radius 3 is 2.77 bits per heavy atom. The number of aryl methyl sites for hydroxylation is 1. The predicted molar refractivity (Wildman–Crippen MR) is 92.5 cm³/mol. The minimum atomic E-state index is -0.545. The van der Waals surface area contributed by atoms with Crippen LogP contribution in [0.5, 0.6) is 0 Å². The fraction of sp³-hybridized carbons (Fsp3) is 0.222. The standard InChI is InChI=1S/C18H16FN3O4/c1-11-5-6-12(7-16(11)22(25)26)18(24)20-14-9-17(23)21(10-14)15-4-2-3-13(19)8-15/h2-8,14H,9-10H2,1H3,(H,20,24)/t14-/m1/s1. The Hall–Kier alpha value is -3.29. The monoisotopic (exact) mass is 357 g/mol. The van der Waals surface area contributed by atoms with E-state index in [4.69, 9.17) is 0 Å². The lowest BCUT2D eigenvalue weighted by Crippen LogP contribution is -2.37. The molecule has 0 aromatic heterocycles. The lowest BCUT2D eigenvalue weighted by molar-refractivity contribution is -0.385. The van der Waals surface area contributed by atoms with E-state index in [1.54, 1.807) is 13.0 Å². The molecule has 0 bridgehead atoms. The molecule has 7 nitrogen and oxygen atoms in total. The number of rotatable bonds is 4. The highest BCUT2D eigenvalue weighted by molar-refractivity contribution is 5.99. The zero-order valence-electron chi connectivity index (χ0n) is 13.9. The highest BCUT2D eigenvalue weighted by atomic mass is 19.1. The number of halogens is 1. The number of anilines is 1. The predicted octanol–water partition coefficient (Wildman–Crippen LogP) is 2.58. The molecule has 0 spiro atoms. The summed E-state index contributed by atoms with van der Waals surface area (Å²) in [5.74, 6) is -1.17. The molecule has 1 aliphatic rings. The Morgan fingerprint density at radius 1 is 1.31 bits per heavy atom. The largest absolute Gasteiger partial charge is 0.347 e. The van der Waals surface area contributed by atoms with E-state index in [0.29, 0.717) is 11.3 Å². The summed E-state index contributed by atoms with van der Waals surface area (Å²) >= 11 is 0. The molecule has 26 heavy (non-hydrogen) atoms. The number of hydrogen-bond acceptors (Lipinski definition) is 4. The second-order valence-corrected chi connectivity index (χ2v) is 6.12. The summed E-state index contributed by atoms with van der Waals surface area (Å²) in [6.45, 7) is 1.80.